The lowest BCUT2D eigenvalue weighted by molar-refractivity contribution is -0.141. The van der Waals surface area contributed by atoms with Crippen molar-refractivity contribution in [1.82, 2.24) is 10.3 Å². The Bertz CT molecular complexity index is 1050. The zero-order valence-corrected chi connectivity index (χ0v) is 15.6. The van der Waals surface area contributed by atoms with Crippen molar-refractivity contribution in [2.75, 3.05) is 21.7 Å². The Hall–Kier alpha value is -2.95. The Kier molecular flexibility index (Phi) is 3.98. The summed E-state index contributed by atoms with van der Waals surface area (Å²) in [6.45, 7) is 2.15. The molecule has 4 heterocycles. The fourth-order valence-corrected chi connectivity index (χ4v) is 4.13. The number of amides is 1. The number of alkyl halides is 5. The van der Waals surface area contributed by atoms with Gasteiger partial charge >= 0.3 is 6.18 Å². The molecular formula is C19H16F5N5O. The Morgan fingerprint density at radius 2 is 1.97 bits per heavy atom. The first kappa shape index (κ1) is 19.0. The normalized spacial score (nSPS) is 22.4. The third kappa shape index (κ3) is 2.87. The van der Waals surface area contributed by atoms with Gasteiger partial charge in [-0.15, -0.1) is 0 Å². The van der Waals surface area contributed by atoms with Crippen LogP contribution in [0.2, 0.25) is 0 Å². The van der Waals surface area contributed by atoms with Crippen LogP contribution in [0.25, 0.3) is 0 Å². The SMILES string of the molecule is Cc1cc(N2c3nc(C(F)(F)F)ccc3N([C@@H]3CN3)C2C(F)F)cc2c1NC(=O)C2. The monoisotopic (exact) mass is 425 g/mol. The predicted molar refractivity (Wildman–Crippen MR) is 99.0 cm³/mol. The maximum absolute atomic E-state index is 14.2. The quantitative estimate of drug-likeness (QED) is 0.583. The molecule has 3 aliphatic rings. The van der Waals surface area contributed by atoms with E-state index < -0.39 is 30.6 Å². The lowest BCUT2D eigenvalue weighted by Gasteiger charge is -2.32. The number of carbonyl (C=O) groups excluding carboxylic acids is 1. The molecule has 1 fully saturated rings. The zero-order chi connectivity index (χ0) is 21.4. The van der Waals surface area contributed by atoms with Gasteiger partial charge in [0.25, 0.3) is 6.43 Å². The van der Waals surface area contributed by atoms with Gasteiger partial charge in [0.05, 0.1) is 18.3 Å². The molecule has 1 saturated heterocycles. The van der Waals surface area contributed by atoms with Crippen molar-refractivity contribution in [3.8, 4) is 0 Å². The van der Waals surface area contributed by atoms with Crippen LogP contribution in [0, 0.1) is 6.92 Å². The first-order valence-corrected chi connectivity index (χ1v) is 9.26. The summed E-state index contributed by atoms with van der Waals surface area (Å²) in [6.07, 6.45) is -9.46. The van der Waals surface area contributed by atoms with E-state index in [2.05, 4.69) is 15.6 Å². The van der Waals surface area contributed by atoms with Crippen LogP contribution >= 0.6 is 0 Å². The summed E-state index contributed by atoms with van der Waals surface area (Å²) in [6, 6.07) is 5.13. The summed E-state index contributed by atoms with van der Waals surface area (Å²) in [5.74, 6) is -0.403. The molecule has 6 nitrogen and oxygen atoms in total. The molecule has 3 aliphatic heterocycles. The van der Waals surface area contributed by atoms with Crippen molar-refractivity contribution in [3.05, 3.63) is 41.1 Å². The van der Waals surface area contributed by atoms with E-state index in [-0.39, 0.29) is 29.5 Å². The number of hydrogen-bond donors (Lipinski definition) is 2. The van der Waals surface area contributed by atoms with Crippen molar-refractivity contribution in [2.24, 2.45) is 0 Å². The molecule has 5 rings (SSSR count). The van der Waals surface area contributed by atoms with E-state index in [9.17, 15) is 26.7 Å². The number of hydrogen-bond acceptors (Lipinski definition) is 5. The molecule has 0 spiro atoms. The van der Waals surface area contributed by atoms with Crippen molar-refractivity contribution in [3.63, 3.8) is 0 Å². The molecule has 30 heavy (non-hydrogen) atoms. The molecule has 2 atom stereocenters. The number of anilines is 4. The lowest BCUT2D eigenvalue weighted by atomic mass is 10.1. The van der Waals surface area contributed by atoms with Gasteiger partial charge in [-0.2, -0.15) is 13.2 Å². The van der Waals surface area contributed by atoms with Crippen molar-refractivity contribution in [2.45, 2.75) is 38.3 Å². The summed E-state index contributed by atoms with van der Waals surface area (Å²) in [5, 5.41) is 5.65. The van der Waals surface area contributed by atoms with Crippen molar-refractivity contribution < 1.29 is 26.7 Å². The molecule has 0 saturated carbocycles. The molecule has 2 aromatic rings. The van der Waals surface area contributed by atoms with Crippen LogP contribution in [-0.4, -0.2) is 36.2 Å². The lowest BCUT2D eigenvalue weighted by Crippen LogP contribution is -2.48. The van der Waals surface area contributed by atoms with Gasteiger partial charge in [-0.25, -0.2) is 13.8 Å². The molecule has 1 aromatic heterocycles. The van der Waals surface area contributed by atoms with Gasteiger partial charge in [-0.3, -0.25) is 15.0 Å². The number of pyridine rings is 1. The number of carbonyl (C=O) groups is 1. The first-order chi connectivity index (χ1) is 14.1. The Balaban J connectivity index is 1.70. The molecule has 2 N–H and O–H groups in total. The van der Waals surface area contributed by atoms with Crippen LogP contribution in [0.1, 0.15) is 16.8 Å². The number of fused-ring (bicyclic) bond motifs is 2. The smallest absolute Gasteiger partial charge is 0.326 e. The van der Waals surface area contributed by atoms with E-state index in [1.807, 2.05) is 0 Å². The minimum Gasteiger partial charge on any atom is -0.326 e. The number of rotatable bonds is 3. The number of aryl methyl sites for hydroxylation is 1. The van der Waals surface area contributed by atoms with Gasteiger partial charge in [-0.05, 0) is 42.3 Å². The number of aromatic nitrogens is 1. The second-order valence-electron chi connectivity index (χ2n) is 7.51. The largest absolute Gasteiger partial charge is 0.433 e. The van der Waals surface area contributed by atoms with Crippen LogP contribution in [0.4, 0.5) is 44.8 Å². The highest BCUT2D eigenvalue weighted by atomic mass is 19.4. The zero-order valence-electron chi connectivity index (χ0n) is 15.6. The average molecular weight is 425 g/mol. The van der Waals surface area contributed by atoms with Crippen LogP contribution in [0.15, 0.2) is 24.3 Å². The summed E-state index contributed by atoms with van der Waals surface area (Å²) >= 11 is 0. The molecular weight excluding hydrogens is 409 g/mol. The first-order valence-electron chi connectivity index (χ1n) is 9.26. The highest BCUT2D eigenvalue weighted by molar-refractivity contribution is 6.01. The highest BCUT2D eigenvalue weighted by Crippen LogP contribution is 2.48. The van der Waals surface area contributed by atoms with Crippen LogP contribution < -0.4 is 20.4 Å². The summed E-state index contributed by atoms with van der Waals surface area (Å²) in [7, 11) is 0. The van der Waals surface area contributed by atoms with E-state index in [0.717, 1.165) is 11.0 Å². The average Bonchev–Trinajstić information content (AvgIpc) is 3.33. The van der Waals surface area contributed by atoms with E-state index >= 15 is 0 Å². The fraction of sp³-hybridized carbons (Fsp3) is 0.368. The number of benzene rings is 1. The second kappa shape index (κ2) is 6.27. The van der Waals surface area contributed by atoms with E-state index in [1.54, 1.807) is 19.1 Å². The third-order valence-corrected chi connectivity index (χ3v) is 5.44. The van der Waals surface area contributed by atoms with E-state index in [1.165, 1.54) is 11.0 Å². The highest BCUT2D eigenvalue weighted by Gasteiger charge is 2.50. The number of nitrogens with one attached hydrogen (secondary N) is 2. The van der Waals surface area contributed by atoms with Crippen LogP contribution in [0.3, 0.4) is 0 Å². The standard InChI is InChI=1S/C19H16F5N5O/c1-8-4-10(5-9-6-14(30)27-15(8)9)28-17-11(2-3-12(26-17)19(22,23)24)29(13-7-25-13)18(28)16(20)21/h2-5,13,16,18,25H,6-7H2,1H3,(H,27,30)/t13-,18?/m1/s1. The summed E-state index contributed by atoms with van der Waals surface area (Å²) in [4.78, 5) is 18.0. The van der Waals surface area contributed by atoms with Gasteiger partial charge in [-0.1, -0.05) is 0 Å². The summed E-state index contributed by atoms with van der Waals surface area (Å²) < 4.78 is 68.3. The number of nitrogens with zero attached hydrogens (tertiary/aromatic N) is 3. The molecule has 11 heteroatoms. The topological polar surface area (TPSA) is 70.4 Å². The maximum Gasteiger partial charge on any atom is 0.433 e. The van der Waals surface area contributed by atoms with Crippen LogP contribution in [0.5, 0.6) is 0 Å². The molecule has 0 radical (unpaired) electrons. The molecule has 1 amide bonds. The fourth-order valence-electron chi connectivity index (χ4n) is 4.13. The van der Waals surface area contributed by atoms with Crippen molar-refractivity contribution in [1.29, 1.82) is 0 Å². The Labute approximate surface area is 167 Å². The van der Waals surface area contributed by atoms with Crippen LogP contribution in [-0.2, 0) is 17.4 Å². The van der Waals surface area contributed by atoms with Gasteiger partial charge in [0.2, 0.25) is 5.91 Å². The molecule has 158 valence electrons. The minimum atomic E-state index is -4.71. The Morgan fingerprint density at radius 3 is 2.60 bits per heavy atom. The number of halogens is 5. The van der Waals surface area contributed by atoms with Gasteiger partial charge in [0.1, 0.15) is 5.69 Å². The van der Waals surface area contributed by atoms with Crippen molar-refractivity contribution >= 4 is 28.8 Å². The van der Waals surface area contributed by atoms with Gasteiger partial charge in [0.15, 0.2) is 12.0 Å². The molecule has 0 aliphatic carbocycles. The van der Waals surface area contributed by atoms with E-state index in [4.69, 9.17) is 0 Å². The van der Waals surface area contributed by atoms with E-state index in [0.29, 0.717) is 23.4 Å². The maximum atomic E-state index is 14.2. The predicted octanol–water partition coefficient (Wildman–Crippen LogP) is 3.38. The second-order valence-corrected chi connectivity index (χ2v) is 7.51. The third-order valence-electron chi connectivity index (χ3n) is 5.44. The molecule has 1 unspecified atom stereocenters. The molecule has 0 bridgehead atoms. The molecule has 1 aromatic carbocycles. The Morgan fingerprint density at radius 1 is 1.23 bits per heavy atom. The van der Waals surface area contributed by atoms with Gasteiger partial charge < -0.3 is 10.2 Å². The minimum absolute atomic E-state index is 0.0774. The van der Waals surface area contributed by atoms with Gasteiger partial charge in [0, 0.05) is 17.9 Å². The summed E-state index contributed by atoms with van der Waals surface area (Å²) in [5.41, 5.74) is 1.17.